The van der Waals surface area contributed by atoms with E-state index < -0.39 is 7.12 Å². The zero-order valence-corrected chi connectivity index (χ0v) is 27.9. The second kappa shape index (κ2) is 15.2. The van der Waals surface area contributed by atoms with Gasteiger partial charge in [0.15, 0.2) is 0 Å². The minimum atomic E-state index is -0.405. The summed E-state index contributed by atoms with van der Waals surface area (Å²) < 4.78 is 39.0. The van der Waals surface area contributed by atoms with E-state index in [0.29, 0.717) is 13.2 Å². The zero-order chi connectivity index (χ0) is 30.9. The van der Waals surface area contributed by atoms with Crippen molar-refractivity contribution in [1.82, 2.24) is 0 Å². The number of benzene rings is 2. The third kappa shape index (κ3) is 9.99. The Morgan fingerprint density at radius 2 is 1.10 bits per heavy atom. The maximum absolute atomic E-state index is 9.42. The molecule has 2 aromatic carbocycles. The molecule has 4 rings (SSSR count). The summed E-state index contributed by atoms with van der Waals surface area (Å²) in [6.45, 7) is 18.1. The molecule has 2 aromatic rings. The van der Waals surface area contributed by atoms with Gasteiger partial charge >= 0.3 is 14.2 Å². The number of halogens is 1. The van der Waals surface area contributed by atoms with Crippen LogP contribution in [0.5, 0.6) is 11.5 Å². The van der Waals surface area contributed by atoms with Gasteiger partial charge in [-0.2, -0.15) is 0 Å². The van der Waals surface area contributed by atoms with Crippen LogP contribution in [0.25, 0.3) is 0 Å². The Kier molecular flexibility index (Phi) is 13.2. The average Bonchev–Trinajstić information content (AvgIpc) is 3.25. The van der Waals surface area contributed by atoms with Crippen molar-refractivity contribution in [3.05, 3.63) is 48.5 Å². The fraction of sp³-hybridized carbons (Fsp3) is 0.600. The van der Waals surface area contributed by atoms with Crippen LogP contribution in [0, 0.1) is 0 Å². The molecule has 2 heterocycles. The normalized spacial score (nSPS) is 19.6. The van der Waals surface area contributed by atoms with Gasteiger partial charge in [-0.05, 0) is 90.6 Å². The van der Waals surface area contributed by atoms with Gasteiger partial charge in [-0.3, -0.25) is 0 Å². The molecule has 0 aromatic heterocycles. The van der Waals surface area contributed by atoms with Crippen LogP contribution in [0.1, 0.15) is 55.4 Å². The Morgan fingerprint density at radius 1 is 0.659 bits per heavy atom. The number of ether oxygens (including phenoxy) is 3. The molecule has 2 aliphatic rings. The van der Waals surface area contributed by atoms with Crippen molar-refractivity contribution in [3.8, 4) is 11.5 Å². The summed E-state index contributed by atoms with van der Waals surface area (Å²) in [4.78, 5) is 0. The van der Waals surface area contributed by atoms with Gasteiger partial charge in [-0.25, -0.2) is 0 Å². The summed E-state index contributed by atoms with van der Waals surface area (Å²) in [6, 6.07) is 14.8. The molecule has 0 radical (unpaired) electrons. The number of phenols is 1. The van der Waals surface area contributed by atoms with Crippen LogP contribution >= 0.6 is 15.9 Å². The number of aromatic hydroxyl groups is 1. The van der Waals surface area contributed by atoms with Crippen molar-refractivity contribution in [3.63, 3.8) is 0 Å². The Balaban J connectivity index is 0.000000251. The van der Waals surface area contributed by atoms with Gasteiger partial charge in [0.05, 0.1) is 35.6 Å². The zero-order valence-electron chi connectivity index (χ0n) is 26.3. The van der Waals surface area contributed by atoms with Gasteiger partial charge in [0.25, 0.3) is 0 Å². The summed E-state index contributed by atoms with van der Waals surface area (Å²) in [5.41, 5.74) is 0.471. The highest BCUT2D eigenvalue weighted by Crippen LogP contribution is 2.37. The summed E-state index contributed by atoms with van der Waals surface area (Å²) in [6.07, 6.45) is 0. The van der Waals surface area contributed by atoms with Crippen molar-refractivity contribution in [2.24, 2.45) is 0 Å². The lowest BCUT2D eigenvalue weighted by Crippen LogP contribution is -2.41. The average molecular weight is 637 g/mol. The molecule has 228 valence electrons. The van der Waals surface area contributed by atoms with E-state index in [4.69, 9.17) is 28.1 Å². The van der Waals surface area contributed by atoms with E-state index in [0.717, 1.165) is 28.6 Å². The van der Waals surface area contributed by atoms with Gasteiger partial charge in [0, 0.05) is 19.5 Å². The van der Waals surface area contributed by atoms with Gasteiger partial charge < -0.3 is 37.9 Å². The van der Waals surface area contributed by atoms with Crippen molar-refractivity contribution >= 4 is 41.1 Å². The molecule has 8 nitrogen and oxygen atoms in total. The van der Waals surface area contributed by atoms with E-state index in [1.807, 2.05) is 85.7 Å². The van der Waals surface area contributed by atoms with Gasteiger partial charge in [0.2, 0.25) is 0 Å². The van der Waals surface area contributed by atoms with Gasteiger partial charge in [-0.1, -0.05) is 40.2 Å². The van der Waals surface area contributed by atoms with Crippen LogP contribution in [0.2, 0.25) is 0 Å². The van der Waals surface area contributed by atoms with E-state index in [1.165, 1.54) is 0 Å². The number of hydrogen-bond acceptors (Lipinski definition) is 8. The summed E-state index contributed by atoms with van der Waals surface area (Å²) in [7, 11) is 2.58. The van der Waals surface area contributed by atoms with Crippen molar-refractivity contribution in [1.29, 1.82) is 0 Å². The molecule has 0 saturated carbocycles. The first-order chi connectivity index (χ1) is 19.1. The monoisotopic (exact) mass is 636 g/mol. The number of hydrogen-bond donors (Lipinski definition) is 1. The van der Waals surface area contributed by atoms with Gasteiger partial charge in [-0.15, -0.1) is 0 Å². The fourth-order valence-corrected chi connectivity index (χ4v) is 4.02. The minimum absolute atomic E-state index is 0.229. The number of methoxy groups -OCH3 is 2. The SMILES string of the molecule is CC1(C)OB(c2cccc(O)c2)OC1(C)C.COCCBr.COCCOc1cccc(B2OC(C)(C)C(C)(C)O2)c1. The number of phenolic OH excluding ortho intramolecular Hbond substituents is 1. The second-order valence-electron chi connectivity index (χ2n) is 11.9. The summed E-state index contributed by atoms with van der Waals surface area (Å²) in [5, 5.41) is 10.4. The quantitative estimate of drug-likeness (QED) is 0.253. The van der Waals surface area contributed by atoms with Crippen molar-refractivity contribution < 1.29 is 37.9 Å². The first-order valence-corrected chi connectivity index (χ1v) is 15.0. The number of rotatable bonds is 8. The maximum Gasteiger partial charge on any atom is 0.494 e. The smallest absolute Gasteiger partial charge is 0.494 e. The van der Waals surface area contributed by atoms with E-state index in [-0.39, 0.29) is 35.3 Å². The van der Waals surface area contributed by atoms with E-state index in [2.05, 4.69) is 20.7 Å². The lowest BCUT2D eigenvalue weighted by atomic mass is 9.79. The number of alkyl halides is 1. The predicted molar refractivity (Wildman–Crippen MR) is 169 cm³/mol. The highest BCUT2D eigenvalue weighted by atomic mass is 79.9. The third-order valence-electron chi connectivity index (χ3n) is 7.62. The highest BCUT2D eigenvalue weighted by Gasteiger charge is 2.52. The Hall–Kier alpha value is -1.59. The molecule has 0 aliphatic carbocycles. The van der Waals surface area contributed by atoms with E-state index in [9.17, 15) is 5.11 Å². The molecule has 2 fully saturated rings. The summed E-state index contributed by atoms with van der Waals surface area (Å²) >= 11 is 3.18. The molecular formula is C30H47B2BrO8. The van der Waals surface area contributed by atoms with Crippen LogP contribution < -0.4 is 15.7 Å². The Bertz CT molecular complexity index is 1050. The molecular weight excluding hydrogens is 590 g/mol. The predicted octanol–water partition coefficient (Wildman–Crippen LogP) is 4.73. The first kappa shape index (κ1) is 35.6. The van der Waals surface area contributed by atoms with Crippen LogP contribution in [0.3, 0.4) is 0 Å². The molecule has 2 saturated heterocycles. The molecule has 11 heteroatoms. The highest BCUT2D eigenvalue weighted by molar-refractivity contribution is 9.09. The fourth-order valence-electron chi connectivity index (χ4n) is 3.70. The van der Waals surface area contributed by atoms with E-state index in [1.54, 1.807) is 32.4 Å². The molecule has 2 aliphatic heterocycles. The minimum Gasteiger partial charge on any atom is -0.508 e. The lowest BCUT2D eigenvalue weighted by molar-refractivity contribution is 0.00578. The first-order valence-electron chi connectivity index (χ1n) is 13.9. The van der Waals surface area contributed by atoms with Crippen LogP contribution in [-0.4, -0.2) is 81.1 Å². The maximum atomic E-state index is 9.42. The molecule has 0 atom stereocenters. The van der Waals surface area contributed by atoms with E-state index >= 15 is 0 Å². The topological polar surface area (TPSA) is 84.8 Å². The van der Waals surface area contributed by atoms with Crippen LogP contribution in [0.15, 0.2) is 48.5 Å². The third-order valence-corrected chi connectivity index (χ3v) is 7.94. The second-order valence-corrected chi connectivity index (χ2v) is 12.7. The van der Waals surface area contributed by atoms with Gasteiger partial charge in [0.1, 0.15) is 18.1 Å². The van der Waals surface area contributed by atoms with Crippen LogP contribution in [-0.2, 0) is 28.1 Å². The standard InChI is InChI=1S/C15H23BO4.C12H17BO3.C3H7BrO/c1-14(2)15(3,4)20-16(19-14)12-7-6-8-13(11-12)18-10-9-17-5;1-11(2)12(3,4)16-13(15-11)9-6-5-7-10(14)8-9;1-5-3-2-4/h6-8,11H,9-10H2,1-5H3;5-8,14H,1-4H3;2-3H2,1H3. The lowest BCUT2D eigenvalue weighted by Gasteiger charge is -2.32. The van der Waals surface area contributed by atoms with Crippen molar-refractivity contribution in [2.75, 3.05) is 39.4 Å². The molecule has 0 spiro atoms. The summed E-state index contributed by atoms with van der Waals surface area (Å²) in [5.74, 6) is 1.03. The Labute approximate surface area is 255 Å². The Morgan fingerprint density at radius 3 is 1.49 bits per heavy atom. The van der Waals surface area contributed by atoms with Crippen LogP contribution in [0.4, 0.5) is 0 Å². The van der Waals surface area contributed by atoms with Crippen molar-refractivity contribution in [2.45, 2.75) is 77.8 Å². The molecule has 0 unspecified atom stereocenters. The molecule has 0 amide bonds. The largest absolute Gasteiger partial charge is 0.508 e. The molecule has 41 heavy (non-hydrogen) atoms. The molecule has 1 N–H and O–H groups in total. The molecule has 0 bridgehead atoms.